The summed E-state index contributed by atoms with van der Waals surface area (Å²) in [5, 5.41) is 0. The molecule has 1 fully saturated rings. The Labute approximate surface area is 77.2 Å². The average molecular weight is 189 g/mol. The van der Waals surface area contributed by atoms with E-state index in [1.165, 1.54) is 24.6 Å². The number of nitrogens with one attached hydrogen (secondary N) is 1. The van der Waals surface area contributed by atoms with Gasteiger partial charge in [-0.1, -0.05) is 12.8 Å². The zero-order valence-electron chi connectivity index (χ0n) is 7.34. The van der Waals surface area contributed by atoms with Gasteiger partial charge in [0.15, 0.2) is 0 Å². The second kappa shape index (κ2) is 5.43. The summed E-state index contributed by atoms with van der Waals surface area (Å²) in [6.07, 6.45) is 6.77. The van der Waals surface area contributed by atoms with E-state index in [1.807, 2.05) is 6.26 Å². The molecule has 1 aliphatic carbocycles. The summed E-state index contributed by atoms with van der Waals surface area (Å²) in [5.41, 5.74) is 2.47. The molecule has 0 unspecified atom stereocenters. The molecule has 0 radical (unpaired) electrons. The summed E-state index contributed by atoms with van der Waals surface area (Å²) in [6, 6.07) is 0. The second-order valence-electron chi connectivity index (χ2n) is 2.98. The first kappa shape index (κ1) is 9.86. The molecule has 0 bridgehead atoms. The molecular formula is C8H15NO2S. The molecule has 0 heterocycles. The van der Waals surface area contributed by atoms with Crippen molar-refractivity contribution in [2.75, 3.05) is 12.0 Å². The standard InChI is InChI=1S/C8H15NO2S/c1-12-6-8(10)9-11-7-4-2-3-5-7/h7H,2-6H2,1H3,(H,9,10). The van der Waals surface area contributed by atoms with Crippen LogP contribution >= 0.6 is 11.8 Å². The summed E-state index contributed by atoms with van der Waals surface area (Å²) < 4.78 is 0. The van der Waals surface area contributed by atoms with Crippen LogP contribution in [0.2, 0.25) is 0 Å². The summed E-state index contributed by atoms with van der Waals surface area (Å²) in [7, 11) is 0. The van der Waals surface area contributed by atoms with E-state index < -0.39 is 0 Å². The largest absolute Gasteiger partial charge is 0.272 e. The van der Waals surface area contributed by atoms with Crippen molar-refractivity contribution in [3.8, 4) is 0 Å². The van der Waals surface area contributed by atoms with Crippen LogP contribution in [0, 0.1) is 0 Å². The second-order valence-corrected chi connectivity index (χ2v) is 3.85. The smallest absolute Gasteiger partial charge is 0.253 e. The third-order valence-electron chi connectivity index (χ3n) is 1.92. The van der Waals surface area contributed by atoms with Crippen molar-refractivity contribution in [1.29, 1.82) is 0 Å². The molecule has 1 amide bonds. The predicted molar refractivity (Wildman–Crippen MR) is 49.9 cm³/mol. The van der Waals surface area contributed by atoms with Crippen LogP contribution in [0.25, 0.3) is 0 Å². The van der Waals surface area contributed by atoms with Crippen molar-refractivity contribution >= 4 is 17.7 Å². The average Bonchev–Trinajstić information content (AvgIpc) is 2.53. The normalized spacial score (nSPS) is 18.1. The highest BCUT2D eigenvalue weighted by Gasteiger charge is 2.16. The fourth-order valence-corrected chi connectivity index (χ4v) is 1.64. The van der Waals surface area contributed by atoms with Gasteiger partial charge in [-0.3, -0.25) is 9.63 Å². The molecular weight excluding hydrogens is 174 g/mol. The molecule has 1 rings (SSSR count). The molecule has 70 valence electrons. The molecule has 12 heavy (non-hydrogen) atoms. The van der Waals surface area contributed by atoms with Crippen LogP contribution in [0.15, 0.2) is 0 Å². The maximum absolute atomic E-state index is 10.9. The zero-order valence-corrected chi connectivity index (χ0v) is 8.15. The Morgan fingerprint density at radius 2 is 2.25 bits per heavy atom. The molecule has 0 spiro atoms. The van der Waals surface area contributed by atoms with Gasteiger partial charge in [0.05, 0.1) is 11.9 Å². The number of hydrogen-bond donors (Lipinski definition) is 1. The Balaban J connectivity index is 2.03. The summed E-state index contributed by atoms with van der Waals surface area (Å²) >= 11 is 1.50. The minimum Gasteiger partial charge on any atom is -0.272 e. The van der Waals surface area contributed by atoms with E-state index in [4.69, 9.17) is 4.84 Å². The number of thioether (sulfide) groups is 1. The number of hydroxylamine groups is 1. The van der Waals surface area contributed by atoms with E-state index in [2.05, 4.69) is 5.48 Å². The minimum atomic E-state index is -0.0330. The molecule has 3 nitrogen and oxygen atoms in total. The Kier molecular flexibility index (Phi) is 4.46. The number of amides is 1. The molecule has 0 aromatic rings. The Morgan fingerprint density at radius 1 is 1.58 bits per heavy atom. The molecule has 1 N–H and O–H groups in total. The van der Waals surface area contributed by atoms with Crippen LogP contribution in [0.3, 0.4) is 0 Å². The van der Waals surface area contributed by atoms with Gasteiger partial charge in [0.2, 0.25) is 0 Å². The van der Waals surface area contributed by atoms with Crippen molar-refractivity contribution in [3.05, 3.63) is 0 Å². The van der Waals surface area contributed by atoms with Crippen molar-refractivity contribution in [2.24, 2.45) is 0 Å². The van der Waals surface area contributed by atoms with Crippen molar-refractivity contribution in [3.63, 3.8) is 0 Å². The van der Waals surface area contributed by atoms with Crippen LogP contribution in [-0.4, -0.2) is 24.0 Å². The lowest BCUT2D eigenvalue weighted by Gasteiger charge is -2.10. The summed E-state index contributed by atoms with van der Waals surface area (Å²) in [4.78, 5) is 16.1. The van der Waals surface area contributed by atoms with Gasteiger partial charge in [-0.05, 0) is 19.1 Å². The first-order valence-electron chi connectivity index (χ1n) is 4.26. The van der Waals surface area contributed by atoms with E-state index in [1.54, 1.807) is 0 Å². The lowest BCUT2D eigenvalue weighted by Crippen LogP contribution is -2.29. The summed E-state index contributed by atoms with van der Waals surface area (Å²) in [5.74, 6) is 0.446. The van der Waals surface area contributed by atoms with Crippen LogP contribution in [0.5, 0.6) is 0 Å². The molecule has 0 atom stereocenters. The predicted octanol–water partition coefficient (Wildman–Crippen LogP) is 1.34. The van der Waals surface area contributed by atoms with E-state index in [0.29, 0.717) is 5.75 Å². The lowest BCUT2D eigenvalue weighted by atomic mass is 10.3. The van der Waals surface area contributed by atoms with Crippen molar-refractivity contribution in [1.82, 2.24) is 5.48 Å². The summed E-state index contributed by atoms with van der Waals surface area (Å²) in [6.45, 7) is 0. The Hall–Kier alpha value is -0.220. The van der Waals surface area contributed by atoms with Crippen molar-refractivity contribution in [2.45, 2.75) is 31.8 Å². The number of hydrogen-bond acceptors (Lipinski definition) is 3. The number of rotatable bonds is 4. The maximum atomic E-state index is 10.9. The molecule has 0 saturated heterocycles. The fraction of sp³-hybridized carbons (Fsp3) is 0.875. The highest BCUT2D eigenvalue weighted by Crippen LogP contribution is 2.19. The van der Waals surface area contributed by atoms with Gasteiger partial charge < -0.3 is 0 Å². The van der Waals surface area contributed by atoms with Crippen LogP contribution < -0.4 is 5.48 Å². The van der Waals surface area contributed by atoms with Gasteiger partial charge in [-0.2, -0.15) is 11.8 Å². The zero-order chi connectivity index (χ0) is 8.81. The lowest BCUT2D eigenvalue weighted by molar-refractivity contribution is -0.135. The molecule has 0 aliphatic heterocycles. The first-order chi connectivity index (χ1) is 5.83. The van der Waals surface area contributed by atoms with E-state index >= 15 is 0 Å². The maximum Gasteiger partial charge on any atom is 0.253 e. The quantitative estimate of drug-likeness (QED) is 0.678. The Bertz CT molecular complexity index is 146. The van der Waals surface area contributed by atoms with E-state index in [-0.39, 0.29) is 12.0 Å². The monoisotopic (exact) mass is 189 g/mol. The van der Waals surface area contributed by atoms with E-state index in [0.717, 1.165) is 12.8 Å². The first-order valence-corrected chi connectivity index (χ1v) is 5.65. The van der Waals surface area contributed by atoms with Gasteiger partial charge in [0.25, 0.3) is 5.91 Å². The molecule has 1 aliphatic rings. The van der Waals surface area contributed by atoms with Crippen LogP contribution in [0.1, 0.15) is 25.7 Å². The highest BCUT2D eigenvalue weighted by molar-refractivity contribution is 7.99. The minimum absolute atomic E-state index is 0.0330. The molecule has 0 aromatic carbocycles. The third kappa shape index (κ3) is 3.45. The molecule has 1 saturated carbocycles. The van der Waals surface area contributed by atoms with Gasteiger partial charge in [0, 0.05) is 0 Å². The van der Waals surface area contributed by atoms with Gasteiger partial charge in [0.1, 0.15) is 0 Å². The molecule has 0 aromatic heterocycles. The van der Waals surface area contributed by atoms with Gasteiger partial charge in [-0.25, -0.2) is 5.48 Å². The van der Waals surface area contributed by atoms with Gasteiger partial charge >= 0.3 is 0 Å². The van der Waals surface area contributed by atoms with Crippen LogP contribution in [-0.2, 0) is 9.63 Å². The topological polar surface area (TPSA) is 38.3 Å². The number of carbonyl (C=O) groups excluding carboxylic acids is 1. The third-order valence-corrected chi connectivity index (χ3v) is 2.47. The fourth-order valence-electron chi connectivity index (χ4n) is 1.32. The van der Waals surface area contributed by atoms with Crippen molar-refractivity contribution < 1.29 is 9.63 Å². The SMILES string of the molecule is CSCC(=O)NOC1CCCC1. The van der Waals surface area contributed by atoms with Gasteiger partial charge in [-0.15, -0.1) is 0 Å². The number of carbonyl (C=O) groups is 1. The highest BCUT2D eigenvalue weighted by atomic mass is 32.2. The molecule has 4 heteroatoms. The Morgan fingerprint density at radius 3 is 2.83 bits per heavy atom. The van der Waals surface area contributed by atoms with E-state index in [9.17, 15) is 4.79 Å². The van der Waals surface area contributed by atoms with Crippen LogP contribution in [0.4, 0.5) is 0 Å².